The Labute approximate surface area is 115 Å². The number of alkyl halides is 3. The topological polar surface area (TPSA) is 89.7 Å². The van der Waals surface area contributed by atoms with E-state index in [2.05, 4.69) is 4.74 Å². The quantitative estimate of drug-likeness (QED) is 0.430. The normalized spacial score (nSPS) is 26.1. The summed E-state index contributed by atoms with van der Waals surface area (Å²) in [7, 11) is 0. The van der Waals surface area contributed by atoms with Gasteiger partial charge >= 0.3 is 18.1 Å². The minimum atomic E-state index is -5.31. The molecule has 2 heterocycles. The fourth-order valence-electron chi connectivity index (χ4n) is 2.07. The van der Waals surface area contributed by atoms with Gasteiger partial charge in [-0.25, -0.2) is 9.59 Å². The number of allylic oxidation sites excluding steroid dienone is 1. The molecule has 6 nitrogen and oxygen atoms in total. The van der Waals surface area contributed by atoms with Crippen LogP contribution in [0.3, 0.4) is 0 Å². The standard InChI is InChI=1S/C10H8ClF3N2O4/c11-3-1-2-4-5(15)7(17)16(4)6(3)8(18)20-9(19)10(12,13)14/h4-5H,1-2,15H2/t4-,5-/m1/s1. The predicted molar refractivity (Wildman–Crippen MR) is 57.9 cm³/mol. The second-order valence-electron chi connectivity index (χ2n) is 4.27. The summed E-state index contributed by atoms with van der Waals surface area (Å²) in [5, 5.41) is -0.138. The smallest absolute Gasteiger partial charge is 0.382 e. The molecule has 110 valence electrons. The fraction of sp³-hybridized carbons (Fsp3) is 0.500. The summed E-state index contributed by atoms with van der Waals surface area (Å²) < 4.78 is 39.8. The summed E-state index contributed by atoms with van der Waals surface area (Å²) >= 11 is 5.73. The van der Waals surface area contributed by atoms with E-state index in [1.807, 2.05) is 0 Å². The number of carbonyl (C=O) groups excluding carboxylic acids is 3. The number of fused-ring (bicyclic) bond motifs is 1. The van der Waals surface area contributed by atoms with Crippen molar-refractivity contribution in [3.8, 4) is 0 Å². The summed E-state index contributed by atoms with van der Waals surface area (Å²) in [5.41, 5.74) is 4.95. The summed E-state index contributed by atoms with van der Waals surface area (Å²) in [6.07, 6.45) is -4.77. The van der Waals surface area contributed by atoms with Crippen LogP contribution in [-0.4, -0.2) is 41.0 Å². The molecule has 0 unspecified atom stereocenters. The molecule has 0 bridgehead atoms. The maximum absolute atomic E-state index is 12.0. The predicted octanol–water partition coefficient (Wildman–Crippen LogP) is 0.401. The van der Waals surface area contributed by atoms with Gasteiger partial charge < -0.3 is 10.5 Å². The van der Waals surface area contributed by atoms with Crippen molar-refractivity contribution >= 4 is 29.4 Å². The van der Waals surface area contributed by atoms with Crippen molar-refractivity contribution in [1.82, 2.24) is 4.90 Å². The average molecular weight is 313 g/mol. The number of β-lactam (4-membered cyclic amide) rings is 1. The third kappa shape index (κ3) is 2.27. The lowest BCUT2D eigenvalue weighted by Gasteiger charge is -2.48. The van der Waals surface area contributed by atoms with Crippen molar-refractivity contribution in [3.63, 3.8) is 0 Å². The molecule has 20 heavy (non-hydrogen) atoms. The van der Waals surface area contributed by atoms with Crippen LogP contribution in [0.1, 0.15) is 12.8 Å². The first kappa shape index (κ1) is 14.8. The van der Waals surface area contributed by atoms with E-state index in [-0.39, 0.29) is 11.5 Å². The van der Waals surface area contributed by atoms with Crippen LogP contribution in [-0.2, 0) is 19.1 Å². The van der Waals surface area contributed by atoms with E-state index in [1.54, 1.807) is 0 Å². The van der Waals surface area contributed by atoms with Crippen molar-refractivity contribution in [3.05, 3.63) is 10.7 Å². The minimum Gasteiger partial charge on any atom is -0.382 e. The highest BCUT2D eigenvalue weighted by atomic mass is 35.5. The molecule has 0 aromatic rings. The Morgan fingerprint density at radius 1 is 1.40 bits per heavy atom. The van der Waals surface area contributed by atoms with Crippen LogP contribution in [0.5, 0.6) is 0 Å². The zero-order chi connectivity index (χ0) is 15.2. The number of esters is 2. The van der Waals surface area contributed by atoms with Crippen molar-refractivity contribution in [1.29, 1.82) is 0 Å². The van der Waals surface area contributed by atoms with Gasteiger partial charge in [0.05, 0.1) is 6.04 Å². The third-order valence-electron chi connectivity index (χ3n) is 3.04. The zero-order valence-electron chi connectivity index (χ0n) is 9.74. The number of carbonyl (C=O) groups is 3. The van der Waals surface area contributed by atoms with E-state index in [1.165, 1.54) is 0 Å². The number of hydrogen-bond acceptors (Lipinski definition) is 5. The van der Waals surface area contributed by atoms with Gasteiger partial charge in [-0.3, -0.25) is 9.69 Å². The van der Waals surface area contributed by atoms with E-state index in [0.717, 1.165) is 4.90 Å². The van der Waals surface area contributed by atoms with Crippen LogP contribution in [0.15, 0.2) is 10.7 Å². The van der Waals surface area contributed by atoms with Gasteiger partial charge in [0.1, 0.15) is 11.7 Å². The minimum absolute atomic E-state index is 0.138. The van der Waals surface area contributed by atoms with Gasteiger partial charge in [-0.1, -0.05) is 11.6 Å². The summed E-state index contributed by atoms with van der Waals surface area (Å²) in [4.78, 5) is 34.6. The van der Waals surface area contributed by atoms with Crippen LogP contribution in [0.2, 0.25) is 0 Å². The lowest BCUT2D eigenvalue weighted by molar-refractivity contribution is -0.201. The molecule has 0 spiro atoms. The van der Waals surface area contributed by atoms with Gasteiger partial charge in [-0.15, -0.1) is 0 Å². The highest BCUT2D eigenvalue weighted by molar-refractivity contribution is 6.32. The van der Waals surface area contributed by atoms with Crippen molar-refractivity contribution in [2.24, 2.45) is 5.73 Å². The Morgan fingerprint density at radius 2 is 2.00 bits per heavy atom. The Kier molecular flexibility index (Phi) is 3.51. The summed E-state index contributed by atoms with van der Waals surface area (Å²) in [5.74, 6) is -4.93. The van der Waals surface area contributed by atoms with E-state index in [4.69, 9.17) is 17.3 Å². The number of nitrogens with two attached hydrogens (primary N) is 1. The SMILES string of the molecule is N[C@H]1C(=O)N2C(C(=O)OC(=O)C(F)(F)F)=C(Cl)CC[C@H]12. The van der Waals surface area contributed by atoms with Gasteiger partial charge in [0.15, 0.2) is 0 Å². The van der Waals surface area contributed by atoms with Crippen molar-refractivity contribution < 1.29 is 32.3 Å². The van der Waals surface area contributed by atoms with Crippen LogP contribution >= 0.6 is 11.6 Å². The Hall–Kier alpha value is -1.61. The first-order chi connectivity index (χ1) is 9.14. The molecular weight excluding hydrogens is 305 g/mol. The van der Waals surface area contributed by atoms with Gasteiger partial charge in [-0.2, -0.15) is 13.2 Å². The molecule has 2 N–H and O–H groups in total. The lowest BCUT2D eigenvalue weighted by atomic mass is 9.87. The van der Waals surface area contributed by atoms with E-state index in [0.29, 0.717) is 6.42 Å². The maximum Gasteiger partial charge on any atom is 0.491 e. The van der Waals surface area contributed by atoms with Gasteiger partial charge in [0, 0.05) is 5.03 Å². The Morgan fingerprint density at radius 3 is 2.55 bits per heavy atom. The summed E-state index contributed by atoms with van der Waals surface area (Å²) in [6, 6.07) is -1.35. The average Bonchev–Trinajstić information content (AvgIpc) is 2.36. The van der Waals surface area contributed by atoms with E-state index < -0.39 is 41.8 Å². The first-order valence-electron chi connectivity index (χ1n) is 5.45. The molecule has 2 aliphatic rings. The molecule has 1 saturated heterocycles. The molecule has 1 amide bonds. The number of rotatable bonds is 1. The van der Waals surface area contributed by atoms with Gasteiger partial charge in [0.25, 0.3) is 0 Å². The van der Waals surface area contributed by atoms with Crippen molar-refractivity contribution in [2.45, 2.75) is 31.1 Å². The molecule has 0 aliphatic carbocycles. The molecule has 1 fully saturated rings. The highest BCUT2D eigenvalue weighted by Gasteiger charge is 2.52. The largest absolute Gasteiger partial charge is 0.491 e. The summed E-state index contributed by atoms with van der Waals surface area (Å²) in [6.45, 7) is 0. The molecule has 0 radical (unpaired) electrons. The Bertz CT molecular complexity index is 531. The maximum atomic E-state index is 12.0. The zero-order valence-corrected chi connectivity index (χ0v) is 10.5. The van der Waals surface area contributed by atoms with Crippen molar-refractivity contribution in [2.75, 3.05) is 0 Å². The van der Waals surface area contributed by atoms with Gasteiger partial charge in [-0.05, 0) is 12.8 Å². The molecular formula is C10H8ClF3N2O4. The number of nitrogens with zero attached hydrogens (tertiary/aromatic N) is 1. The molecule has 2 rings (SSSR count). The number of halogens is 4. The number of amides is 1. The molecule has 2 atom stereocenters. The second kappa shape index (κ2) is 4.74. The molecule has 0 aromatic heterocycles. The highest BCUT2D eigenvalue weighted by Crippen LogP contribution is 2.37. The molecule has 0 saturated carbocycles. The van der Waals surface area contributed by atoms with Crippen LogP contribution in [0, 0.1) is 0 Å². The third-order valence-corrected chi connectivity index (χ3v) is 3.40. The molecule has 0 aromatic carbocycles. The van der Waals surface area contributed by atoms with Crippen LogP contribution < -0.4 is 5.73 Å². The molecule has 10 heteroatoms. The van der Waals surface area contributed by atoms with E-state index >= 15 is 0 Å². The first-order valence-corrected chi connectivity index (χ1v) is 5.83. The van der Waals surface area contributed by atoms with Crippen LogP contribution in [0.4, 0.5) is 13.2 Å². The fourth-order valence-corrected chi connectivity index (χ4v) is 2.35. The molecule has 2 aliphatic heterocycles. The van der Waals surface area contributed by atoms with E-state index in [9.17, 15) is 27.6 Å². The van der Waals surface area contributed by atoms with Gasteiger partial charge in [0.2, 0.25) is 5.91 Å². The number of ether oxygens (including phenoxy) is 1. The monoisotopic (exact) mass is 312 g/mol. The number of hydrogen-bond donors (Lipinski definition) is 1. The lowest BCUT2D eigenvalue weighted by Crippen LogP contribution is -2.69. The second-order valence-corrected chi connectivity index (χ2v) is 4.72. The van der Waals surface area contributed by atoms with Crippen LogP contribution in [0.25, 0.3) is 0 Å². The Balaban J connectivity index is 2.20.